The van der Waals surface area contributed by atoms with Gasteiger partial charge in [0, 0.05) is 0 Å². The van der Waals surface area contributed by atoms with Crippen molar-refractivity contribution in [2.75, 3.05) is 5.52 Å². The number of ether oxygens (including phenoxy) is 1. The third-order valence-corrected chi connectivity index (χ3v) is 2.17. The molecule has 0 saturated heterocycles. The van der Waals surface area contributed by atoms with Gasteiger partial charge in [-0.15, -0.1) is 0 Å². The molecule has 0 bridgehead atoms. The second-order valence-electron chi connectivity index (χ2n) is 2.81. The summed E-state index contributed by atoms with van der Waals surface area (Å²) in [5.74, 6) is -0.362. The van der Waals surface area contributed by atoms with Crippen molar-refractivity contribution < 1.29 is 14.6 Å². The second kappa shape index (κ2) is 3.90. The Morgan fingerprint density at radius 2 is 2.40 bits per heavy atom. The Kier molecular flexibility index (Phi) is 2.59. The predicted molar refractivity (Wildman–Crippen MR) is 56.6 cm³/mol. The summed E-state index contributed by atoms with van der Waals surface area (Å²) < 4.78 is 6.67. The number of carboxylic acid groups (broad SMARTS) is 1. The van der Waals surface area contributed by atoms with Gasteiger partial charge in [-0.2, -0.15) is 5.10 Å². The van der Waals surface area contributed by atoms with Crippen LogP contribution in [0.25, 0.3) is 5.52 Å². The Morgan fingerprint density at radius 1 is 1.60 bits per heavy atom. The van der Waals surface area contributed by atoms with Gasteiger partial charge in [0.15, 0.2) is 0 Å². The molecule has 0 spiro atoms. The number of carboxylic acids is 1. The maximum absolute atomic E-state index is 10.8. The molecule has 1 N–H and O–H groups in total. The zero-order valence-electron chi connectivity index (χ0n) is 7.55. The highest BCUT2D eigenvalue weighted by Gasteiger charge is 2.10. The molecule has 0 amide bonds. The van der Waals surface area contributed by atoms with Crippen molar-refractivity contribution in [2.24, 2.45) is 0 Å². The molecule has 0 saturated carbocycles. The molecular formula is C9H7BrN2O3. The highest BCUT2D eigenvalue weighted by Crippen LogP contribution is 2.16. The van der Waals surface area contributed by atoms with Crippen LogP contribution in [0.5, 0.6) is 5.75 Å². The Labute approximate surface area is 93.4 Å². The normalized spacial score (nSPS) is 10.5. The first-order chi connectivity index (χ1) is 7.22. The minimum atomic E-state index is -0.987. The van der Waals surface area contributed by atoms with Crippen LogP contribution in [0, 0.1) is 0 Å². The molecule has 2 heterocycles. The van der Waals surface area contributed by atoms with E-state index < -0.39 is 5.97 Å². The van der Waals surface area contributed by atoms with Gasteiger partial charge in [-0.3, -0.25) is 0 Å². The number of hydrogen-bond donors (Lipinski definition) is 1. The predicted octanol–water partition coefficient (Wildman–Crippen LogP) is 1.76. The van der Waals surface area contributed by atoms with E-state index in [9.17, 15) is 4.79 Å². The van der Waals surface area contributed by atoms with Crippen LogP contribution in [0.3, 0.4) is 0 Å². The van der Waals surface area contributed by atoms with Gasteiger partial charge in [0.25, 0.3) is 0 Å². The molecule has 2 aromatic heterocycles. The topological polar surface area (TPSA) is 63.8 Å². The maximum Gasteiger partial charge on any atom is 0.339 e. The van der Waals surface area contributed by atoms with E-state index in [1.807, 2.05) is 0 Å². The van der Waals surface area contributed by atoms with E-state index in [0.29, 0.717) is 16.8 Å². The lowest BCUT2D eigenvalue weighted by atomic mass is 10.2. The van der Waals surface area contributed by atoms with Gasteiger partial charge in [-0.05, 0) is 28.1 Å². The molecule has 2 rings (SSSR count). The average Bonchev–Trinajstić information content (AvgIpc) is 2.61. The molecule has 6 heteroatoms. The van der Waals surface area contributed by atoms with Gasteiger partial charge in [0.1, 0.15) is 16.8 Å². The summed E-state index contributed by atoms with van der Waals surface area (Å²) in [5.41, 5.74) is 1.11. The van der Waals surface area contributed by atoms with E-state index in [-0.39, 0.29) is 5.56 Å². The number of aromatic carboxylic acids is 1. The lowest BCUT2D eigenvalue weighted by Crippen LogP contribution is -1.96. The molecule has 0 atom stereocenters. The smallest absolute Gasteiger partial charge is 0.339 e. The third kappa shape index (κ3) is 1.80. The van der Waals surface area contributed by atoms with Crippen LogP contribution in [0.1, 0.15) is 10.4 Å². The summed E-state index contributed by atoms with van der Waals surface area (Å²) >= 11 is 3.13. The highest BCUT2D eigenvalue weighted by molar-refractivity contribution is 9.09. The lowest BCUT2D eigenvalue weighted by Gasteiger charge is -2.01. The number of alkyl halides is 1. The first-order valence-electron chi connectivity index (χ1n) is 4.12. The van der Waals surface area contributed by atoms with Crippen molar-refractivity contribution in [1.29, 1.82) is 0 Å². The summed E-state index contributed by atoms with van der Waals surface area (Å²) in [5, 5.41) is 12.8. The summed E-state index contributed by atoms with van der Waals surface area (Å²) in [6.07, 6.45) is 2.94. The number of carbonyl (C=O) groups is 1. The van der Waals surface area contributed by atoms with Crippen LogP contribution in [-0.4, -0.2) is 26.2 Å². The zero-order valence-corrected chi connectivity index (χ0v) is 9.14. The van der Waals surface area contributed by atoms with Crippen molar-refractivity contribution in [1.82, 2.24) is 9.61 Å². The fourth-order valence-corrected chi connectivity index (χ4v) is 1.54. The van der Waals surface area contributed by atoms with Crippen LogP contribution in [0.4, 0.5) is 0 Å². The second-order valence-corrected chi connectivity index (χ2v) is 3.27. The van der Waals surface area contributed by atoms with E-state index >= 15 is 0 Å². The number of halogens is 1. The number of aromatic nitrogens is 2. The maximum atomic E-state index is 10.8. The van der Waals surface area contributed by atoms with E-state index in [1.165, 1.54) is 10.7 Å². The van der Waals surface area contributed by atoms with Crippen molar-refractivity contribution in [3.05, 3.63) is 30.1 Å². The summed E-state index contributed by atoms with van der Waals surface area (Å²) in [6, 6.07) is 3.36. The molecule has 0 aliphatic heterocycles. The molecule has 0 aliphatic rings. The Bertz CT molecular complexity index is 509. The first-order valence-corrected chi connectivity index (χ1v) is 5.24. The first kappa shape index (κ1) is 9.97. The van der Waals surface area contributed by atoms with Gasteiger partial charge in [-0.1, -0.05) is 0 Å². The molecule has 0 fully saturated rings. The Hall–Kier alpha value is -1.56. The molecule has 0 radical (unpaired) electrons. The fourth-order valence-electron chi connectivity index (χ4n) is 1.28. The molecule has 15 heavy (non-hydrogen) atoms. The molecular weight excluding hydrogens is 264 g/mol. The number of hydrogen-bond acceptors (Lipinski definition) is 3. The van der Waals surface area contributed by atoms with Crippen LogP contribution >= 0.6 is 15.9 Å². The minimum Gasteiger partial charge on any atom is -0.481 e. The average molecular weight is 271 g/mol. The largest absolute Gasteiger partial charge is 0.481 e. The molecule has 78 valence electrons. The SMILES string of the molecule is O=C(O)c1cnn2cc(OCBr)ccc12. The summed E-state index contributed by atoms with van der Waals surface area (Å²) in [4.78, 5) is 10.8. The van der Waals surface area contributed by atoms with Crippen molar-refractivity contribution in [2.45, 2.75) is 0 Å². The highest BCUT2D eigenvalue weighted by atomic mass is 79.9. The van der Waals surface area contributed by atoms with E-state index in [4.69, 9.17) is 9.84 Å². The Balaban J connectivity index is 2.51. The van der Waals surface area contributed by atoms with Crippen LogP contribution in [0.2, 0.25) is 0 Å². The molecule has 5 nitrogen and oxygen atoms in total. The molecule has 0 unspecified atom stereocenters. The van der Waals surface area contributed by atoms with E-state index in [2.05, 4.69) is 21.0 Å². The van der Waals surface area contributed by atoms with Crippen molar-refractivity contribution >= 4 is 27.4 Å². The molecule has 0 aromatic carbocycles. The van der Waals surface area contributed by atoms with Crippen LogP contribution in [0.15, 0.2) is 24.5 Å². The summed E-state index contributed by atoms with van der Waals surface area (Å²) in [7, 11) is 0. The fraction of sp³-hybridized carbons (Fsp3) is 0.111. The quantitative estimate of drug-likeness (QED) is 0.864. The van der Waals surface area contributed by atoms with Gasteiger partial charge < -0.3 is 9.84 Å². The molecule has 2 aromatic rings. The number of nitrogens with zero attached hydrogens (tertiary/aromatic N) is 2. The lowest BCUT2D eigenvalue weighted by molar-refractivity contribution is 0.0699. The van der Waals surface area contributed by atoms with Gasteiger partial charge in [0.2, 0.25) is 0 Å². The monoisotopic (exact) mass is 270 g/mol. The number of rotatable bonds is 3. The minimum absolute atomic E-state index is 0.181. The number of fused-ring (bicyclic) bond motifs is 1. The van der Waals surface area contributed by atoms with Crippen molar-refractivity contribution in [3.8, 4) is 5.75 Å². The van der Waals surface area contributed by atoms with Gasteiger partial charge in [-0.25, -0.2) is 9.31 Å². The standard InChI is InChI=1S/C9H7BrN2O3/c10-5-15-6-1-2-8-7(9(13)14)3-11-12(8)4-6/h1-4H,5H2,(H,13,14). The summed E-state index contributed by atoms with van der Waals surface area (Å²) in [6.45, 7) is 0. The number of pyridine rings is 1. The van der Waals surface area contributed by atoms with E-state index in [1.54, 1.807) is 18.3 Å². The van der Waals surface area contributed by atoms with Gasteiger partial charge >= 0.3 is 5.97 Å². The van der Waals surface area contributed by atoms with Crippen LogP contribution in [-0.2, 0) is 0 Å². The Morgan fingerprint density at radius 3 is 3.07 bits per heavy atom. The van der Waals surface area contributed by atoms with E-state index in [0.717, 1.165) is 0 Å². The van der Waals surface area contributed by atoms with Crippen molar-refractivity contribution in [3.63, 3.8) is 0 Å². The zero-order chi connectivity index (χ0) is 10.8. The van der Waals surface area contributed by atoms with Crippen LogP contribution < -0.4 is 4.74 Å². The van der Waals surface area contributed by atoms with Gasteiger partial charge in [0.05, 0.1) is 17.9 Å². The third-order valence-electron chi connectivity index (χ3n) is 1.94. The molecule has 0 aliphatic carbocycles.